The van der Waals surface area contributed by atoms with E-state index in [0.717, 1.165) is 83.9 Å². The number of carbonyl (C=O) groups is 4. The summed E-state index contributed by atoms with van der Waals surface area (Å²) in [4.78, 5) is 57.7. The predicted octanol–water partition coefficient (Wildman–Crippen LogP) is 20.7. The fourth-order valence-corrected chi connectivity index (χ4v) is 13.9. The summed E-state index contributed by atoms with van der Waals surface area (Å²) in [7, 11) is 1.66. The zero-order valence-corrected chi connectivity index (χ0v) is 56.7. The summed E-state index contributed by atoms with van der Waals surface area (Å²) < 4.78 is 21.4. The Morgan fingerprint density at radius 1 is 0.317 bits per heavy atom. The van der Waals surface area contributed by atoms with E-state index in [1.54, 1.807) is 78.7 Å². The third-order valence-electron chi connectivity index (χ3n) is 18.6. The van der Waals surface area contributed by atoms with Crippen LogP contribution in [-0.4, -0.2) is 41.3 Å². The molecule has 0 spiro atoms. The largest absolute Gasteiger partial charge is 0.519 e. The lowest BCUT2D eigenvalue weighted by Crippen LogP contribution is -2.40. The van der Waals surface area contributed by atoms with Gasteiger partial charge in [0.1, 0.15) is 45.3 Å². The molecule has 0 radical (unpaired) electrons. The number of esters is 1. The molecular formula is C92H68N2O10. The van der Waals surface area contributed by atoms with Gasteiger partial charge in [-0.15, -0.1) is 0 Å². The number of benzene rings is 14. The van der Waals surface area contributed by atoms with Gasteiger partial charge < -0.3 is 29.2 Å². The van der Waals surface area contributed by atoms with Crippen LogP contribution in [0.25, 0.3) is 44.5 Å². The van der Waals surface area contributed by atoms with Crippen molar-refractivity contribution in [3.63, 3.8) is 0 Å². The number of carbonyl (C=O) groups excluding carboxylic acids is 4. The van der Waals surface area contributed by atoms with E-state index in [2.05, 4.69) is 6.07 Å². The minimum Gasteiger partial charge on any atom is -0.507 e. The van der Waals surface area contributed by atoms with Gasteiger partial charge in [0.2, 0.25) is 0 Å². The molecule has 0 saturated carbocycles. The highest BCUT2D eigenvalue weighted by Crippen LogP contribution is 2.57. The van der Waals surface area contributed by atoms with Crippen LogP contribution < -0.4 is 28.7 Å². The highest BCUT2D eigenvalue weighted by molar-refractivity contribution is 6.18. The minimum atomic E-state index is -1.26. The summed E-state index contributed by atoms with van der Waals surface area (Å²) in [5, 5.41) is 22.0. The molecule has 0 aromatic heterocycles. The van der Waals surface area contributed by atoms with Crippen LogP contribution in [0.1, 0.15) is 40.3 Å². The minimum absolute atomic E-state index is 0.108. The van der Waals surface area contributed by atoms with Gasteiger partial charge in [0.25, 0.3) is 11.8 Å². The molecule has 0 aliphatic carbocycles. The van der Waals surface area contributed by atoms with Crippen LogP contribution >= 0.6 is 0 Å². The molecule has 104 heavy (non-hydrogen) atoms. The quantitative estimate of drug-likeness (QED) is 0.0611. The lowest BCUT2D eigenvalue weighted by atomic mass is 9.69. The molecule has 12 nitrogen and oxygen atoms in total. The van der Waals surface area contributed by atoms with Gasteiger partial charge in [-0.3, -0.25) is 24.2 Å². The first-order valence-electron chi connectivity index (χ1n) is 33.8. The van der Waals surface area contributed by atoms with Crippen molar-refractivity contribution in [1.29, 1.82) is 0 Å². The van der Waals surface area contributed by atoms with Crippen LogP contribution in [0.5, 0.6) is 34.5 Å². The van der Waals surface area contributed by atoms with E-state index in [9.17, 15) is 19.8 Å². The third kappa shape index (κ3) is 13.1. The molecule has 16 rings (SSSR count). The number of phenolic OH excluding ortho intramolecular Hbond substituents is 2. The van der Waals surface area contributed by atoms with E-state index in [4.69, 9.17) is 18.9 Å². The van der Waals surface area contributed by atoms with Gasteiger partial charge >= 0.3 is 12.1 Å². The van der Waals surface area contributed by atoms with Crippen molar-refractivity contribution >= 4 is 46.7 Å². The summed E-state index contributed by atoms with van der Waals surface area (Å²) in [5.74, 6) is 1.66. The second-order valence-corrected chi connectivity index (χ2v) is 24.7. The van der Waals surface area contributed by atoms with E-state index in [1.807, 2.05) is 296 Å². The Bertz CT molecular complexity index is 5270. The fourth-order valence-electron chi connectivity index (χ4n) is 13.9. The molecule has 12 heteroatoms. The Morgan fingerprint density at radius 2 is 0.606 bits per heavy atom. The van der Waals surface area contributed by atoms with Gasteiger partial charge in [0.15, 0.2) is 0 Å². The molecule has 14 aromatic carbocycles. The van der Waals surface area contributed by atoms with E-state index >= 15 is 9.59 Å². The van der Waals surface area contributed by atoms with Gasteiger partial charge in [-0.25, -0.2) is 4.79 Å². The third-order valence-corrected chi connectivity index (χ3v) is 18.6. The number of hydrogen-bond acceptors (Lipinski definition) is 10. The normalized spacial score (nSPS) is 13.8. The number of aromatic hydroxyl groups is 2. The highest BCUT2D eigenvalue weighted by atomic mass is 16.7. The molecule has 1 unspecified atom stereocenters. The fraction of sp³-hybridized carbons (Fsp3) is 0.0435. The van der Waals surface area contributed by atoms with E-state index in [1.165, 1.54) is 6.92 Å². The molecule has 0 bridgehead atoms. The standard InChI is InChI=1S/C41H31NO4.C38H27NO3.C13H10O3/c1-28(43)46-39-25-23-32(27-35(39)30-16-8-4-9-17-30)41(31-22-24-38(45-2)34(26-31)29-14-6-3-7-15-29)36-20-12-13-21-37(36)42(40(41)44)33-18-10-5-11-19-33;40-35-22-20-28(24-31(35)26-12-4-1-5-13-26)38(29-21-23-36(41)32(25-29)27-14-6-2-7-15-27)33-18-10-11-19-34(33)39(37(38)42)30-16-8-3-9-17-30;14-13(15-11-7-3-1-4-8-11)16-12-9-5-2-6-10-12/h3-27H,1-2H3;1-25,40-41H;1-10H. The predicted molar refractivity (Wildman–Crippen MR) is 408 cm³/mol. The highest BCUT2D eigenvalue weighted by Gasteiger charge is 2.56. The number of phenols is 2. The zero-order chi connectivity index (χ0) is 71.6. The van der Waals surface area contributed by atoms with Crippen molar-refractivity contribution in [2.45, 2.75) is 17.8 Å². The number of amides is 2. The summed E-state index contributed by atoms with van der Waals surface area (Å²) in [6.45, 7) is 1.39. The van der Waals surface area contributed by atoms with Crippen LogP contribution in [-0.2, 0) is 25.2 Å². The number of ether oxygens (including phenoxy) is 4. The number of nitrogens with zero attached hydrogens (tertiary/aromatic N) is 2. The maximum Gasteiger partial charge on any atom is 0.519 e. The van der Waals surface area contributed by atoms with Crippen LogP contribution in [0.2, 0.25) is 0 Å². The Labute approximate surface area is 602 Å². The summed E-state index contributed by atoms with van der Waals surface area (Å²) in [6.07, 6.45) is -0.739. The molecule has 2 N–H and O–H groups in total. The lowest BCUT2D eigenvalue weighted by Gasteiger charge is -2.32. The topological polar surface area (TPSA) is 152 Å². The van der Waals surface area contributed by atoms with Gasteiger partial charge in [-0.2, -0.15) is 0 Å². The number of rotatable bonds is 14. The van der Waals surface area contributed by atoms with Crippen molar-refractivity contribution in [3.8, 4) is 79.0 Å². The summed E-state index contributed by atoms with van der Waals surface area (Å²) >= 11 is 0. The van der Waals surface area contributed by atoms with Crippen molar-refractivity contribution in [1.82, 2.24) is 0 Å². The van der Waals surface area contributed by atoms with E-state index in [-0.39, 0.29) is 23.3 Å². The van der Waals surface area contributed by atoms with Crippen LogP contribution in [0.15, 0.2) is 364 Å². The molecule has 0 fully saturated rings. The van der Waals surface area contributed by atoms with Crippen molar-refractivity contribution in [3.05, 3.63) is 397 Å². The maximum atomic E-state index is 15.4. The SMILES string of the molecule is COc1ccc(C2(c3ccc(OC(C)=O)c(-c4ccccc4)c3)C(=O)N(c3ccccc3)c3ccccc32)cc1-c1ccccc1.O=C(Oc1ccccc1)Oc1ccccc1.O=C1N(c2ccccc2)c2ccccc2C1(c1ccc(O)c(-c2ccccc2)c1)c1ccc(O)c(-c2ccccc2)c1. The Morgan fingerprint density at radius 3 is 0.962 bits per heavy atom. The molecule has 0 saturated heterocycles. The number of para-hydroxylation sites is 6. The molecule has 2 heterocycles. The molecule has 2 aliphatic heterocycles. The maximum absolute atomic E-state index is 15.4. The van der Waals surface area contributed by atoms with Gasteiger partial charge in [0.05, 0.1) is 18.5 Å². The monoisotopic (exact) mass is 1360 g/mol. The van der Waals surface area contributed by atoms with Gasteiger partial charge in [-0.05, 0) is 154 Å². The molecule has 2 amide bonds. The first-order chi connectivity index (χ1) is 50.9. The number of anilines is 4. The van der Waals surface area contributed by atoms with Crippen molar-refractivity contribution in [2.24, 2.45) is 0 Å². The van der Waals surface area contributed by atoms with E-state index < -0.39 is 23.0 Å². The summed E-state index contributed by atoms with van der Waals surface area (Å²) in [5.41, 5.74) is 11.7. The Hall–Kier alpha value is -13.8. The average Bonchev–Trinajstić information content (AvgIpc) is 1.54. The smallest absolute Gasteiger partial charge is 0.507 e. The van der Waals surface area contributed by atoms with Gasteiger partial charge in [0, 0.05) is 51.7 Å². The van der Waals surface area contributed by atoms with E-state index in [0.29, 0.717) is 39.7 Å². The Balaban J connectivity index is 0.000000145. The first-order valence-corrected chi connectivity index (χ1v) is 33.8. The second-order valence-electron chi connectivity index (χ2n) is 24.7. The second kappa shape index (κ2) is 29.9. The van der Waals surface area contributed by atoms with Crippen LogP contribution in [0.3, 0.4) is 0 Å². The number of fused-ring (bicyclic) bond motifs is 2. The first kappa shape index (κ1) is 67.3. The zero-order valence-electron chi connectivity index (χ0n) is 56.7. The van der Waals surface area contributed by atoms with Crippen LogP contribution in [0.4, 0.5) is 27.5 Å². The van der Waals surface area contributed by atoms with Crippen LogP contribution in [0, 0.1) is 0 Å². The van der Waals surface area contributed by atoms with Gasteiger partial charge in [-0.1, -0.05) is 255 Å². The molecule has 1 atom stereocenters. The van der Waals surface area contributed by atoms with Crippen molar-refractivity contribution in [2.75, 3.05) is 16.9 Å². The molecular weight excluding hydrogens is 1290 g/mol. The molecule has 14 aromatic rings. The average molecular weight is 1360 g/mol. The number of methoxy groups -OCH3 is 1. The number of hydrogen-bond donors (Lipinski definition) is 2. The molecule has 2 aliphatic rings. The Kier molecular flexibility index (Phi) is 19.4. The molecule has 506 valence electrons. The van der Waals surface area contributed by atoms with Crippen molar-refractivity contribution < 1.29 is 48.3 Å². The summed E-state index contributed by atoms with van der Waals surface area (Å²) in [6, 6.07) is 114. The lowest BCUT2D eigenvalue weighted by molar-refractivity contribution is -0.132.